The Morgan fingerprint density at radius 1 is 1.00 bits per heavy atom. The van der Waals surface area contributed by atoms with E-state index in [-0.39, 0.29) is 5.60 Å². The average molecular weight is 411 g/mol. The van der Waals surface area contributed by atoms with Crippen molar-refractivity contribution in [3.05, 3.63) is 59.7 Å². The van der Waals surface area contributed by atoms with E-state index in [1.165, 1.54) is 11.3 Å². The van der Waals surface area contributed by atoms with Crippen molar-refractivity contribution in [1.82, 2.24) is 10.6 Å². The average Bonchev–Trinajstić information content (AvgIpc) is 2.75. The molecule has 1 aliphatic heterocycles. The van der Waals surface area contributed by atoms with Crippen molar-refractivity contribution < 1.29 is 9.47 Å². The molecule has 0 radical (unpaired) electrons. The number of anilines is 1. The predicted molar refractivity (Wildman–Crippen MR) is 123 cm³/mol. The van der Waals surface area contributed by atoms with Gasteiger partial charge in [-0.15, -0.1) is 0 Å². The summed E-state index contributed by atoms with van der Waals surface area (Å²) in [5.74, 6) is 1.66. The molecule has 6 nitrogen and oxygen atoms in total. The fraction of sp³-hybridized carbons (Fsp3) is 0.458. The Balaban J connectivity index is 1.52. The molecule has 6 heteroatoms. The first-order valence-electron chi connectivity index (χ1n) is 10.6. The highest BCUT2D eigenvalue weighted by atomic mass is 16.5. The van der Waals surface area contributed by atoms with E-state index in [0.29, 0.717) is 13.1 Å². The molecule has 2 aromatic carbocycles. The van der Waals surface area contributed by atoms with Crippen LogP contribution in [0.15, 0.2) is 53.5 Å². The van der Waals surface area contributed by atoms with Gasteiger partial charge in [-0.1, -0.05) is 30.3 Å². The first-order valence-corrected chi connectivity index (χ1v) is 10.6. The first kappa shape index (κ1) is 22.0. The van der Waals surface area contributed by atoms with Crippen molar-refractivity contribution in [3.8, 4) is 5.75 Å². The monoisotopic (exact) mass is 410 g/mol. The lowest BCUT2D eigenvalue weighted by molar-refractivity contribution is 0.122. The molecule has 0 saturated carbocycles. The van der Waals surface area contributed by atoms with Crippen molar-refractivity contribution in [2.45, 2.75) is 39.5 Å². The van der Waals surface area contributed by atoms with Gasteiger partial charge in [0.15, 0.2) is 5.96 Å². The molecule has 1 aliphatic rings. The minimum Gasteiger partial charge on any atom is -0.488 e. The number of morpholine rings is 1. The molecule has 1 heterocycles. The maximum absolute atomic E-state index is 6.08. The van der Waals surface area contributed by atoms with Crippen LogP contribution in [0.1, 0.15) is 31.9 Å². The van der Waals surface area contributed by atoms with E-state index in [2.05, 4.69) is 71.6 Å². The van der Waals surface area contributed by atoms with Crippen molar-refractivity contribution in [1.29, 1.82) is 0 Å². The van der Waals surface area contributed by atoms with Crippen LogP contribution in [-0.2, 0) is 17.8 Å². The third-order valence-corrected chi connectivity index (χ3v) is 4.83. The van der Waals surface area contributed by atoms with Crippen molar-refractivity contribution in [2.24, 2.45) is 4.99 Å². The third kappa shape index (κ3) is 6.66. The van der Waals surface area contributed by atoms with Crippen LogP contribution in [0.4, 0.5) is 5.69 Å². The minimum absolute atomic E-state index is 0.233. The quantitative estimate of drug-likeness (QED) is 0.563. The summed E-state index contributed by atoms with van der Waals surface area (Å²) in [4.78, 5) is 6.70. The summed E-state index contributed by atoms with van der Waals surface area (Å²) in [6.07, 6.45) is 0. The van der Waals surface area contributed by atoms with E-state index in [1.54, 1.807) is 7.05 Å². The highest BCUT2D eigenvalue weighted by Gasteiger charge is 2.14. The molecule has 2 aromatic rings. The summed E-state index contributed by atoms with van der Waals surface area (Å²) in [5, 5.41) is 6.77. The van der Waals surface area contributed by atoms with Crippen LogP contribution in [0.3, 0.4) is 0 Å². The molecule has 0 atom stereocenters. The molecule has 0 aliphatic carbocycles. The molecule has 3 rings (SSSR count). The Kier molecular flexibility index (Phi) is 7.57. The number of hydrogen-bond donors (Lipinski definition) is 2. The van der Waals surface area contributed by atoms with Crippen LogP contribution in [0.2, 0.25) is 0 Å². The summed E-state index contributed by atoms with van der Waals surface area (Å²) in [6.45, 7) is 11.0. The lowest BCUT2D eigenvalue weighted by Gasteiger charge is -2.29. The number of hydrogen-bond acceptors (Lipinski definition) is 4. The summed E-state index contributed by atoms with van der Waals surface area (Å²) in [6, 6.07) is 16.8. The first-order chi connectivity index (χ1) is 14.4. The van der Waals surface area contributed by atoms with Gasteiger partial charge in [-0.05, 0) is 44.5 Å². The zero-order valence-electron chi connectivity index (χ0n) is 18.6. The lowest BCUT2D eigenvalue weighted by atomic mass is 10.1. The minimum atomic E-state index is -0.233. The maximum Gasteiger partial charge on any atom is 0.191 e. The van der Waals surface area contributed by atoms with Gasteiger partial charge < -0.3 is 25.0 Å². The topological polar surface area (TPSA) is 58.1 Å². The Morgan fingerprint density at radius 2 is 1.67 bits per heavy atom. The SMILES string of the molecule is CN=C(NCc1ccc(N2CCOCC2)cc1)NCc1ccccc1OC(C)(C)C. The predicted octanol–water partition coefficient (Wildman–Crippen LogP) is 3.57. The highest BCUT2D eigenvalue weighted by molar-refractivity contribution is 5.79. The van der Waals surface area contributed by atoms with Gasteiger partial charge in [0.25, 0.3) is 0 Å². The van der Waals surface area contributed by atoms with Crippen LogP contribution in [0.5, 0.6) is 5.75 Å². The molecule has 30 heavy (non-hydrogen) atoms. The molecule has 162 valence electrons. The van der Waals surface area contributed by atoms with E-state index in [4.69, 9.17) is 9.47 Å². The van der Waals surface area contributed by atoms with Crippen molar-refractivity contribution in [2.75, 3.05) is 38.3 Å². The Morgan fingerprint density at radius 3 is 2.33 bits per heavy atom. The summed E-state index contributed by atoms with van der Waals surface area (Å²) < 4.78 is 11.5. The van der Waals surface area contributed by atoms with E-state index >= 15 is 0 Å². The molecular weight excluding hydrogens is 376 g/mol. The molecule has 0 unspecified atom stereocenters. The number of nitrogens with zero attached hydrogens (tertiary/aromatic N) is 2. The molecular formula is C24H34N4O2. The third-order valence-electron chi connectivity index (χ3n) is 4.83. The zero-order chi connectivity index (χ0) is 21.4. The molecule has 0 spiro atoms. The molecule has 0 bridgehead atoms. The largest absolute Gasteiger partial charge is 0.488 e. The maximum atomic E-state index is 6.08. The molecule has 1 fully saturated rings. The number of ether oxygens (including phenoxy) is 2. The Labute approximate surface area is 180 Å². The van der Waals surface area contributed by atoms with E-state index in [0.717, 1.165) is 43.6 Å². The summed E-state index contributed by atoms with van der Waals surface area (Å²) in [5.41, 5.74) is 3.33. The van der Waals surface area contributed by atoms with Crippen LogP contribution < -0.4 is 20.3 Å². The second kappa shape index (κ2) is 10.3. The van der Waals surface area contributed by atoms with E-state index < -0.39 is 0 Å². The van der Waals surface area contributed by atoms with E-state index in [9.17, 15) is 0 Å². The Bertz CT molecular complexity index is 822. The second-order valence-electron chi connectivity index (χ2n) is 8.37. The van der Waals surface area contributed by atoms with Gasteiger partial charge >= 0.3 is 0 Å². The zero-order valence-corrected chi connectivity index (χ0v) is 18.6. The number of benzene rings is 2. The van der Waals surface area contributed by atoms with Crippen LogP contribution in [-0.4, -0.2) is 44.9 Å². The molecule has 2 N–H and O–H groups in total. The van der Waals surface area contributed by atoms with Gasteiger partial charge in [0.1, 0.15) is 11.4 Å². The van der Waals surface area contributed by atoms with Crippen LogP contribution in [0, 0.1) is 0 Å². The van der Waals surface area contributed by atoms with Crippen LogP contribution >= 0.6 is 0 Å². The van der Waals surface area contributed by atoms with E-state index in [1.807, 2.05) is 18.2 Å². The van der Waals surface area contributed by atoms with Gasteiger partial charge in [-0.3, -0.25) is 4.99 Å². The normalized spacial score (nSPS) is 15.1. The van der Waals surface area contributed by atoms with Gasteiger partial charge in [0, 0.05) is 44.5 Å². The van der Waals surface area contributed by atoms with Gasteiger partial charge in [-0.2, -0.15) is 0 Å². The number of nitrogens with one attached hydrogen (secondary N) is 2. The summed E-state index contributed by atoms with van der Waals surface area (Å²) in [7, 11) is 1.79. The van der Waals surface area contributed by atoms with Gasteiger partial charge in [0.2, 0.25) is 0 Å². The van der Waals surface area contributed by atoms with Gasteiger partial charge in [-0.25, -0.2) is 0 Å². The van der Waals surface area contributed by atoms with Crippen LogP contribution in [0.25, 0.3) is 0 Å². The van der Waals surface area contributed by atoms with Crippen molar-refractivity contribution >= 4 is 11.6 Å². The standard InChI is InChI=1S/C24H34N4O2/c1-24(2,3)30-22-8-6-5-7-20(22)18-27-23(25-4)26-17-19-9-11-21(12-10-19)28-13-15-29-16-14-28/h5-12H,13-18H2,1-4H3,(H2,25,26,27). The fourth-order valence-electron chi connectivity index (χ4n) is 3.31. The summed E-state index contributed by atoms with van der Waals surface area (Å²) >= 11 is 0. The molecule has 0 aromatic heterocycles. The number of rotatable bonds is 6. The van der Waals surface area contributed by atoms with Gasteiger partial charge in [0.05, 0.1) is 13.2 Å². The fourth-order valence-corrected chi connectivity index (χ4v) is 3.31. The molecule has 1 saturated heterocycles. The molecule has 0 amide bonds. The van der Waals surface area contributed by atoms with Crippen molar-refractivity contribution in [3.63, 3.8) is 0 Å². The number of para-hydroxylation sites is 1. The number of guanidine groups is 1. The Hall–Kier alpha value is -2.73. The smallest absolute Gasteiger partial charge is 0.191 e. The second-order valence-corrected chi connectivity index (χ2v) is 8.37. The highest BCUT2D eigenvalue weighted by Crippen LogP contribution is 2.23. The lowest BCUT2D eigenvalue weighted by Crippen LogP contribution is -2.37. The number of aliphatic imine (C=N–C) groups is 1.